The van der Waals surface area contributed by atoms with Gasteiger partial charge < -0.3 is 15.4 Å². The molecule has 0 aliphatic carbocycles. The molecule has 1 aromatic carbocycles. The molecule has 4 nitrogen and oxygen atoms in total. The summed E-state index contributed by atoms with van der Waals surface area (Å²) >= 11 is 0. The van der Waals surface area contributed by atoms with Gasteiger partial charge in [-0.05, 0) is 25.1 Å². The molecule has 15 heavy (non-hydrogen) atoms. The first-order valence-corrected chi connectivity index (χ1v) is 5.10. The molecular weight excluding hydrogens is 192 g/mol. The van der Waals surface area contributed by atoms with Crippen molar-refractivity contribution in [3.63, 3.8) is 0 Å². The van der Waals surface area contributed by atoms with Crippen molar-refractivity contribution < 1.29 is 9.53 Å². The molecule has 80 valence electrons. The highest BCUT2D eigenvalue weighted by Crippen LogP contribution is 2.29. The molecule has 2 rings (SSSR count). The largest absolute Gasteiger partial charge is 0.491 e. The number of nitrogens with one attached hydrogen (secondary N) is 2. The highest BCUT2D eigenvalue weighted by molar-refractivity contribution is 5.93. The quantitative estimate of drug-likeness (QED) is 0.776. The molecule has 1 aliphatic rings. The van der Waals surface area contributed by atoms with Crippen LogP contribution in [0.15, 0.2) is 18.2 Å². The van der Waals surface area contributed by atoms with Crippen molar-refractivity contribution in [3.05, 3.63) is 18.2 Å². The number of carbonyl (C=O) groups is 1. The summed E-state index contributed by atoms with van der Waals surface area (Å²) in [4.78, 5) is 11.3. The van der Waals surface area contributed by atoms with E-state index >= 15 is 0 Å². The Labute approximate surface area is 88.6 Å². The lowest BCUT2D eigenvalue weighted by Crippen LogP contribution is -2.10. The van der Waals surface area contributed by atoms with Crippen molar-refractivity contribution in [1.82, 2.24) is 0 Å². The summed E-state index contributed by atoms with van der Waals surface area (Å²) in [6, 6.07) is 5.71. The van der Waals surface area contributed by atoms with E-state index in [1.807, 2.05) is 25.1 Å². The normalized spacial score (nSPS) is 14.6. The SMILES string of the molecule is CCNc1ccc2c(c1)NC(=O)CCO2. The molecule has 0 radical (unpaired) electrons. The lowest BCUT2D eigenvalue weighted by molar-refractivity contribution is -0.116. The van der Waals surface area contributed by atoms with Crippen LogP contribution in [0.25, 0.3) is 0 Å². The van der Waals surface area contributed by atoms with Gasteiger partial charge in [0.1, 0.15) is 5.75 Å². The van der Waals surface area contributed by atoms with E-state index in [0.717, 1.165) is 23.7 Å². The second-order valence-electron chi connectivity index (χ2n) is 3.39. The molecule has 0 bridgehead atoms. The average Bonchev–Trinajstić information content (AvgIpc) is 2.38. The zero-order valence-electron chi connectivity index (χ0n) is 8.67. The van der Waals surface area contributed by atoms with E-state index in [2.05, 4.69) is 10.6 Å². The van der Waals surface area contributed by atoms with E-state index < -0.39 is 0 Å². The summed E-state index contributed by atoms with van der Waals surface area (Å²) in [7, 11) is 0. The van der Waals surface area contributed by atoms with Crippen LogP contribution in [-0.4, -0.2) is 19.1 Å². The molecule has 0 saturated heterocycles. The summed E-state index contributed by atoms with van der Waals surface area (Å²) in [6.07, 6.45) is 0.408. The van der Waals surface area contributed by atoms with E-state index in [-0.39, 0.29) is 5.91 Å². The van der Waals surface area contributed by atoms with Gasteiger partial charge in [-0.1, -0.05) is 0 Å². The van der Waals surface area contributed by atoms with Crippen LogP contribution in [0.2, 0.25) is 0 Å². The van der Waals surface area contributed by atoms with Gasteiger partial charge in [-0.2, -0.15) is 0 Å². The summed E-state index contributed by atoms with van der Waals surface area (Å²) in [6.45, 7) is 3.33. The minimum atomic E-state index is 0.00222. The number of carbonyl (C=O) groups excluding carboxylic acids is 1. The number of amides is 1. The van der Waals surface area contributed by atoms with Crippen LogP contribution < -0.4 is 15.4 Å². The molecule has 0 atom stereocenters. The van der Waals surface area contributed by atoms with Gasteiger partial charge in [0.15, 0.2) is 0 Å². The maximum Gasteiger partial charge on any atom is 0.227 e. The van der Waals surface area contributed by atoms with Crippen molar-refractivity contribution in [3.8, 4) is 5.75 Å². The van der Waals surface area contributed by atoms with Crippen molar-refractivity contribution in [1.29, 1.82) is 0 Å². The van der Waals surface area contributed by atoms with E-state index in [4.69, 9.17) is 4.74 Å². The number of hydrogen-bond acceptors (Lipinski definition) is 3. The number of benzene rings is 1. The maximum absolute atomic E-state index is 11.3. The Hall–Kier alpha value is -1.71. The molecule has 0 aromatic heterocycles. The number of fused-ring (bicyclic) bond motifs is 1. The maximum atomic E-state index is 11.3. The van der Waals surface area contributed by atoms with Crippen LogP contribution >= 0.6 is 0 Å². The first-order chi connectivity index (χ1) is 7.29. The Morgan fingerprint density at radius 3 is 3.20 bits per heavy atom. The third kappa shape index (κ3) is 2.21. The van der Waals surface area contributed by atoms with Gasteiger partial charge in [0.2, 0.25) is 5.91 Å². The van der Waals surface area contributed by atoms with Gasteiger partial charge in [-0.25, -0.2) is 0 Å². The summed E-state index contributed by atoms with van der Waals surface area (Å²) < 4.78 is 5.44. The van der Waals surface area contributed by atoms with Gasteiger partial charge in [0.25, 0.3) is 0 Å². The molecular formula is C11H14N2O2. The molecule has 0 spiro atoms. The smallest absolute Gasteiger partial charge is 0.227 e. The zero-order chi connectivity index (χ0) is 10.7. The van der Waals surface area contributed by atoms with E-state index in [9.17, 15) is 4.79 Å². The summed E-state index contributed by atoms with van der Waals surface area (Å²) in [5.41, 5.74) is 1.73. The third-order valence-corrected chi connectivity index (χ3v) is 2.22. The lowest BCUT2D eigenvalue weighted by Gasteiger charge is -2.09. The number of ether oxygens (including phenoxy) is 1. The van der Waals surface area contributed by atoms with Crippen LogP contribution in [0.1, 0.15) is 13.3 Å². The number of anilines is 2. The fourth-order valence-electron chi connectivity index (χ4n) is 1.53. The minimum absolute atomic E-state index is 0.00222. The van der Waals surface area contributed by atoms with Crippen molar-refractivity contribution in [2.75, 3.05) is 23.8 Å². The molecule has 1 aliphatic heterocycles. The van der Waals surface area contributed by atoms with Gasteiger partial charge in [0, 0.05) is 12.2 Å². The predicted molar refractivity (Wildman–Crippen MR) is 59.3 cm³/mol. The van der Waals surface area contributed by atoms with E-state index in [0.29, 0.717) is 13.0 Å². The summed E-state index contributed by atoms with van der Waals surface area (Å²) in [5, 5.41) is 6.00. The molecule has 0 fully saturated rings. The molecule has 1 heterocycles. The topological polar surface area (TPSA) is 50.4 Å². The van der Waals surface area contributed by atoms with E-state index in [1.54, 1.807) is 0 Å². The second kappa shape index (κ2) is 4.21. The summed E-state index contributed by atoms with van der Waals surface area (Å²) in [5.74, 6) is 0.741. The van der Waals surface area contributed by atoms with Gasteiger partial charge in [-0.15, -0.1) is 0 Å². The van der Waals surface area contributed by atoms with Crippen molar-refractivity contribution >= 4 is 17.3 Å². The van der Waals surface area contributed by atoms with Crippen LogP contribution in [0.3, 0.4) is 0 Å². The third-order valence-electron chi connectivity index (χ3n) is 2.22. The first-order valence-electron chi connectivity index (χ1n) is 5.10. The fourth-order valence-corrected chi connectivity index (χ4v) is 1.53. The van der Waals surface area contributed by atoms with Crippen LogP contribution in [0, 0.1) is 0 Å². The molecule has 0 saturated carbocycles. The highest BCUT2D eigenvalue weighted by Gasteiger charge is 2.13. The molecule has 2 N–H and O–H groups in total. The number of hydrogen-bond donors (Lipinski definition) is 2. The van der Waals surface area contributed by atoms with Gasteiger partial charge >= 0.3 is 0 Å². The molecule has 4 heteroatoms. The zero-order valence-corrected chi connectivity index (χ0v) is 8.67. The minimum Gasteiger partial charge on any atom is -0.491 e. The monoisotopic (exact) mass is 206 g/mol. The highest BCUT2D eigenvalue weighted by atomic mass is 16.5. The van der Waals surface area contributed by atoms with Crippen LogP contribution in [0.5, 0.6) is 5.75 Å². The van der Waals surface area contributed by atoms with Crippen molar-refractivity contribution in [2.45, 2.75) is 13.3 Å². The van der Waals surface area contributed by atoms with Crippen LogP contribution in [-0.2, 0) is 4.79 Å². The Kier molecular flexibility index (Phi) is 2.76. The molecule has 0 unspecified atom stereocenters. The average molecular weight is 206 g/mol. The Morgan fingerprint density at radius 2 is 2.40 bits per heavy atom. The second-order valence-corrected chi connectivity index (χ2v) is 3.39. The lowest BCUT2D eigenvalue weighted by atomic mass is 10.2. The molecule has 1 aromatic rings. The van der Waals surface area contributed by atoms with Gasteiger partial charge in [-0.3, -0.25) is 4.79 Å². The molecule has 1 amide bonds. The predicted octanol–water partition coefficient (Wildman–Crippen LogP) is 1.84. The van der Waals surface area contributed by atoms with Crippen molar-refractivity contribution in [2.24, 2.45) is 0 Å². The fraction of sp³-hybridized carbons (Fsp3) is 0.364. The Bertz CT molecular complexity index is 377. The first kappa shape index (κ1) is 9.83. The Balaban J connectivity index is 2.28. The number of rotatable bonds is 2. The van der Waals surface area contributed by atoms with E-state index in [1.165, 1.54) is 0 Å². The van der Waals surface area contributed by atoms with Crippen LogP contribution in [0.4, 0.5) is 11.4 Å². The van der Waals surface area contributed by atoms with Gasteiger partial charge in [0.05, 0.1) is 18.7 Å². The Morgan fingerprint density at radius 1 is 1.53 bits per heavy atom. The standard InChI is InChI=1S/C11H14N2O2/c1-2-12-8-3-4-10-9(7-8)13-11(14)5-6-15-10/h3-4,7,12H,2,5-6H2,1H3,(H,13,14).